The van der Waals surface area contributed by atoms with Crippen LogP contribution in [-0.4, -0.2) is 25.0 Å². The summed E-state index contributed by atoms with van der Waals surface area (Å²) in [6.07, 6.45) is 0.545. The molecule has 1 atom stereocenters. The molecule has 0 saturated carbocycles. The van der Waals surface area contributed by atoms with Gasteiger partial charge < -0.3 is 16.0 Å². The molecule has 1 saturated heterocycles. The van der Waals surface area contributed by atoms with Gasteiger partial charge in [0.05, 0.1) is 11.4 Å². The molecule has 98 valence electrons. The normalized spacial score (nSPS) is 19.8. The number of carbonyl (C=O) groups excluding carboxylic acids is 1. The number of carbonyl (C=O) groups is 1. The van der Waals surface area contributed by atoms with Crippen LogP contribution in [0.2, 0.25) is 0 Å². The molecular formula is C12H15F2N3O. The Labute approximate surface area is 104 Å². The van der Waals surface area contributed by atoms with Crippen molar-refractivity contribution in [3.8, 4) is 0 Å². The van der Waals surface area contributed by atoms with Gasteiger partial charge >= 0.3 is 0 Å². The first-order valence-corrected chi connectivity index (χ1v) is 5.83. The summed E-state index contributed by atoms with van der Waals surface area (Å²) in [5, 5.41) is 2.72. The summed E-state index contributed by atoms with van der Waals surface area (Å²) >= 11 is 0. The molecule has 1 aromatic rings. The Morgan fingerprint density at radius 2 is 2.22 bits per heavy atom. The number of amides is 1. The van der Waals surface area contributed by atoms with Gasteiger partial charge in [0.2, 0.25) is 5.91 Å². The molecule has 0 radical (unpaired) electrons. The third-order valence-electron chi connectivity index (χ3n) is 3.10. The monoisotopic (exact) mass is 255 g/mol. The Kier molecular flexibility index (Phi) is 3.36. The molecule has 3 N–H and O–H groups in total. The lowest BCUT2D eigenvalue weighted by atomic mass is 10.1. The minimum atomic E-state index is -0.800. The van der Waals surface area contributed by atoms with Gasteiger partial charge in [-0.15, -0.1) is 0 Å². The van der Waals surface area contributed by atoms with E-state index in [-0.39, 0.29) is 17.3 Å². The number of hydrogen-bond acceptors (Lipinski definition) is 3. The smallest absolute Gasteiger partial charge is 0.242 e. The average Bonchev–Trinajstić information content (AvgIpc) is 2.33. The summed E-state index contributed by atoms with van der Waals surface area (Å²) < 4.78 is 26.7. The molecule has 1 aromatic carbocycles. The summed E-state index contributed by atoms with van der Waals surface area (Å²) in [4.78, 5) is 13.4. The first-order chi connectivity index (χ1) is 8.54. The zero-order valence-electron chi connectivity index (χ0n) is 10.0. The Morgan fingerprint density at radius 1 is 1.50 bits per heavy atom. The van der Waals surface area contributed by atoms with Gasteiger partial charge in [0.1, 0.15) is 11.9 Å². The highest BCUT2D eigenvalue weighted by molar-refractivity contribution is 5.88. The number of nitrogens with one attached hydrogen (secondary N) is 1. The number of nitrogens with zero attached hydrogens (tertiary/aromatic N) is 1. The van der Waals surface area contributed by atoms with Gasteiger partial charge in [-0.25, -0.2) is 8.78 Å². The Balaban J connectivity index is 2.43. The van der Waals surface area contributed by atoms with Crippen LogP contribution in [0.1, 0.15) is 13.3 Å². The summed E-state index contributed by atoms with van der Waals surface area (Å²) in [7, 11) is 0. The molecule has 1 aliphatic heterocycles. The number of benzene rings is 1. The molecule has 0 aromatic heterocycles. The van der Waals surface area contributed by atoms with Gasteiger partial charge in [0, 0.05) is 19.2 Å². The van der Waals surface area contributed by atoms with E-state index in [1.54, 1.807) is 4.90 Å². The highest BCUT2D eigenvalue weighted by Crippen LogP contribution is 2.30. The lowest BCUT2D eigenvalue weighted by molar-refractivity contribution is -0.123. The zero-order valence-corrected chi connectivity index (χ0v) is 10.0. The van der Waals surface area contributed by atoms with E-state index in [9.17, 15) is 13.6 Å². The van der Waals surface area contributed by atoms with Crippen molar-refractivity contribution in [1.29, 1.82) is 0 Å². The van der Waals surface area contributed by atoms with Crippen molar-refractivity contribution < 1.29 is 13.6 Å². The van der Waals surface area contributed by atoms with E-state index in [0.717, 1.165) is 6.07 Å². The fourth-order valence-corrected chi connectivity index (χ4v) is 2.22. The van der Waals surface area contributed by atoms with E-state index in [1.807, 2.05) is 6.92 Å². The maximum Gasteiger partial charge on any atom is 0.242 e. The molecule has 4 nitrogen and oxygen atoms in total. The van der Waals surface area contributed by atoms with Crippen molar-refractivity contribution in [3.05, 3.63) is 23.8 Å². The van der Waals surface area contributed by atoms with Crippen LogP contribution >= 0.6 is 0 Å². The van der Waals surface area contributed by atoms with Crippen molar-refractivity contribution >= 4 is 17.3 Å². The van der Waals surface area contributed by atoms with Crippen molar-refractivity contribution in [2.45, 2.75) is 19.4 Å². The van der Waals surface area contributed by atoms with Gasteiger partial charge in [-0.1, -0.05) is 6.92 Å². The molecular weight excluding hydrogens is 240 g/mol. The molecule has 1 aliphatic rings. The molecule has 0 spiro atoms. The fourth-order valence-electron chi connectivity index (χ4n) is 2.22. The standard InChI is InChI=1S/C12H15F2N3O/c1-2-9-12(18)16-3-4-17(9)10-6-7(13)5-8(14)11(10)15/h5-6,9H,2-4,15H2,1H3,(H,16,18). The molecule has 1 fully saturated rings. The van der Waals surface area contributed by atoms with Crippen LogP contribution in [-0.2, 0) is 4.79 Å². The molecule has 0 aliphatic carbocycles. The molecule has 1 heterocycles. The molecule has 6 heteroatoms. The van der Waals surface area contributed by atoms with Crippen LogP contribution in [0, 0.1) is 11.6 Å². The molecule has 18 heavy (non-hydrogen) atoms. The maximum atomic E-state index is 13.4. The average molecular weight is 255 g/mol. The van der Waals surface area contributed by atoms with E-state index >= 15 is 0 Å². The molecule has 1 unspecified atom stereocenters. The van der Waals surface area contributed by atoms with Crippen LogP contribution in [0.3, 0.4) is 0 Å². The van der Waals surface area contributed by atoms with Gasteiger partial charge in [0.25, 0.3) is 0 Å². The second-order valence-corrected chi connectivity index (χ2v) is 4.23. The third kappa shape index (κ3) is 2.10. The lowest BCUT2D eigenvalue weighted by Gasteiger charge is -2.36. The largest absolute Gasteiger partial charge is 0.395 e. The number of rotatable bonds is 2. The fraction of sp³-hybridized carbons (Fsp3) is 0.417. The zero-order chi connectivity index (χ0) is 13.3. The van der Waals surface area contributed by atoms with Crippen LogP contribution in [0.4, 0.5) is 20.2 Å². The van der Waals surface area contributed by atoms with Crippen LogP contribution in [0.5, 0.6) is 0 Å². The van der Waals surface area contributed by atoms with E-state index < -0.39 is 17.7 Å². The number of hydrogen-bond donors (Lipinski definition) is 2. The van der Waals surface area contributed by atoms with E-state index in [2.05, 4.69) is 5.32 Å². The topological polar surface area (TPSA) is 58.4 Å². The van der Waals surface area contributed by atoms with Gasteiger partial charge in [-0.3, -0.25) is 4.79 Å². The first kappa shape index (κ1) is 12.6. The highest BCUT2D eigenvalue weighted by atomic mass is 19.1. The predicted molar refractivity (Wildman–Crippen MR) is 65.2 cm³/mol. The summed E-state index contributed by atoms with van der Waals surface area (Å²) in [6.45, 7) is 2.76. The molecule has 0 bridgehead atoms. The van der Waals surface area contributed by atoms with E-state index in [4.69, 9.17) is 5.73 Å². The van der Waals surface area contributed by atoms with Crippen LogP contribution in [0.15, 0.2) is 12.1 Å². The number of piperazine rings is 1. The summed E-state index contributed by atoms with van der Waals surface area (Å²) in [5.41, 5.74) is 5.75. The summed E-state index contributed by atoms with van der Waals surface area (Å²) in [6, 6.07) is 1.46. The minimum Gasteiger partial charge on any atom is -0.395 e. The Hall–Kier alpha value is -1.85. The molecule has 1 amide bonds. The van der Waals surface area contributed by atoms with Gasteiger partial charge in [0.15, 0.2) is 5.82 Å². The number of halogens is 2. The third-order valence-corrected chi connectivity index (χ3v) is 3.10. The predicted octanol–water partition coefficient (Wildman–Crippen LogP) is 1.26. The second kappa shape index (κ2) is 4.80. The quantitative estimate of drug-likeness (QED) is 0.782. The summed E-state index contributed by atoms with van der Waals surface area (Å²) in [5.74, 6) is -1.64. The van der Waals surface area contributed by atoms with Crippen LogP contribution < -0.4 is 16.0 Å². The number of nitrogens with two attached hydrogens (primary N) is 1. The Bertz CT molecular complexity index is 479. The van der Waals surface area contributed by atoms with Gasteiger partial charge in [-0.05, 0) is 12.5 Å². The first-order valence-electron chi connectivity index (χ1n) is 5.83. The Morgan fingerprint density at radius 3 is 2.89 bits per heavy atom. The second-order valence-electron chi connectivity index (χ2n) is 4.23. The van der Waals surface area contributed by atoms with Crippen molar-refractivity contribution in [1.82, 2.24) is 5.32 Å². The van der Waals surface area contributed by atoms with Crippen molar-refractivity contribution in [3.63, 3.8) is 0 Å². The SMILES string of the molecule is CCC1C(=O)NCCN1c1cc(F)cc(F)c1N. The van der Waals surface area contributed by atoms with Crippen molar-refractivity contribution in [2.75, 3.05) is 23.7 Å². The number of anilines is 2. The van der Waals surface area contributed by atoms with Crippen molar-refractivity contribution in [2.24, 2.45) is 0 Å². The van der Waals surface area contributed by atoms with Crippen LogP contribution in [0.25, 0.3) is 0 Å². The molecule has 2 rings (SSSR count). The maximum absolute atomic E-state index is 13.4. The number of nitrogen functional groups attached to an aromatic ring is 1. The van der Waals surface area contributed by atoms with E-state index in [0.29, 0.717) is 19.5 Å². The van der Waals surface area contributed by atoms with Gasteiger partial charge in [-0.2, -0.15) is 0 Å². The highest BCUT2D eigenvalue weighted by Gasteiger charge is 2.30. The van der Waals surface area contributed by atoms with E-state index in [1.165, 1.54) is 6.07 Å². The lowest BCUT2D eigenvalue weighted by Crippen LogP contribution is -2.55. The minimum absolute atomic E-state index is 0.121.